The minimum Gasteiger partial charge on any atom is -0.497 e. The van der Waals surface area contributed by atoms with Gasteiger partial charge in [0, 0.05) is 22.4 Å². The molecular weight excluding hydrogens is 587 g/mol. The van der Waals surface area contributed by atoms with Crippen molar-refractivity contribution in [3.8, 4) is 5.75 Å². The number of ketones is 1. The molecule has 9 heteroatoms. The summed E-state index contributed by atoms with van der Waals surface area (Å²) in [4.78, 5) is 56.6. The average molecular weight is 611 g/mol. The molecule has 4 aliphatic rings. The molecule has 2 atom stereocenters. The highest BCUT2D eigenvalue weighted by Crippen LogP contribution is 2.61. The molecule has 0 N–H and O–H groups in total. The van der Waals surface area contributed by atoms with E-state index in [2.05, 4.69) is 0 Å². The summed E-state index contributed by atoms with van der Waals surface area (Å²) in [5, 5.41) is 2.17. The van der Waals surface area contributed by atoms with E-state index >= 15 is 0 Å². The SMILES string of the molecule is COc1cccc(C(=O)CN(C(=O)c2ccc(Cl)cc2Cl)N2C(=O)[C@H]3C4c5ccccc5C(c5ccccc54)[C@@H]3C2=O)c1. The molecule has 0 saturated carbocycles. The van der Waals surface area contributed by atoms with Crippen LogP contribution in [0.3, 0.4) is 0 Å². The number of imide groups is 1. The lowest BCUT2D eigenvalue weighted by molar-refractivity contribution is -0.154. The molecule has 0 spiro atoms. The number of rotatable bonds is 6. The second-order valence-corrected chi connectivity index (χ2v) is 11.7. The normalized spacial score (nSPS) is 21.2. The van der Waals surface area contributed by atoms with Gasteiger partial charge in [-0.2, -0.15) is 5.01 Å². The largest absolute Gasteiger partial charge is 0.497 e. The third-order valence-electron chi connectivity index (χ3n) is 8.75. The van der Waals surface area contributed by atoms with Gasteiger partial charge in [-0.3, -0.25) is 19.2 Å². The van der Waals surface area contributed by atoms with Gasteiger partial charge >= 0.3 is 0 Å². The molecular formula is C34H24Cl2N2O5. The van der Waals surface area contributed by atoms with Crippen LogP contribution in [0.25, 0.3) is 0 Å². The molecule has 8 rings (SSSR count). The van der Waals surface area contributed by atoms with Crippen molar-refractivity contribution in [3.63, 3.8) is 0 Å². The molecule has 1 fully saturated rings. The van der Waals surface area contributed by atoms with Gasteiger partial charge in [-0.15, -0.1) is 0 Å². The molecule has 214 valence electrons. The Morgan fingerprint density at radius 2 is 1.33 bits per heavy atom. The van der Waals surface area contributed by atoms with E-state index < -0.39 is 41.9 Å². The van der Waals surface area contributed by atoms with E-state index in [-0.39, 0.29) is 28.0 Å². The van der Waals surface area contributed by atoms with Crippen LogP contribution in [0.2, 0.25) is 10.0 Å². The lowest BCUT2D eigenvalue weighted by atomic mass is 9.55. The number of carbonyl (C=O) groups excluding carboxylic acids is 4. The van der Waals surface area contributed by atoms with Gasteiger partial charge in [0.15, 0.2) is 5.78 Å². The zero-order valence-electron chi connectivity index (χ0n) is 22.9. The Morgan fingerprint density at radius 3 is 1.84 bits per heavy atom. The molecule has 2 bridgehead atoms. The number of benzene rings is 4. The number of methoxy groups -OCH3 is 1. The molecule has 0 unspecified atom stereocenters. The van der Waals surface area contributed by atoms with E-state index in [9.17, 15) is 19.2 Å². The summed E-state index contributed by atoms with van der Waals surface area (Å²) in [6, 6.07) is 26.5. The molecule has 43 heavy (non-hydrogen) atoms. The Kier molecular flexibility index (Phi) is 6.60. The topological polar surface area (TPSA) is 84.0 Å². The molecule has 7 nitrogen and oxygen atoms in total. The maximum atomic E-state index is 14.4. The molecule has 1 aliphatic heterocycles. The number of Topliss-reactive ketones (excluding diaryl/α,β-unsaturated/α-hetero) is 1. The van der Waals surface area contributed by atoms with Crippen molar-refractivity contribution in [2.75, 3.05) is 13.7 Å². The maximum absolute atomic E-state index is 14.4. The second kappa shape index (κ2) is 10.4. The predicted octanol–water partition coefficient (Wildman–Crippen LogP) is 6.13. The van der Waals surface area contributed by atoms with Gasteiger partial charge in [0.25, 0.3) is 17.7 Å². The smallest absolute Gasteiger partial charge is 0.274 e. The monoisotopic (exact) mass is 610 g/mol. The fourth-order valence-electron chi connectivity index (χ4n) is 6.96. The van der Waals surface area contributed by atoms with Crippen LogP contribution in [-0.2, 0) is 9.59 Å². The van der Waals surface area contributed by atoms with Crippen LogP contribution in [0.5, 0.6) is 5.75 Å². The Labute approximate surface area is 257 Å². The number of carbonyl (C=O) groups is 4. The lowest BCUT2D eigenvalue weighted by Crippen LogP contribution is -2.52. The van der Waals surface area contributed by atoms with E-state index in [0.29, 0.717) is 10.8 Å². The second-order valence-electron chi connectivity index (χ2n) is 10.9. The number of nitrogens with zero attached hydrogens (tertiary/aromatic N) is 2. The summed E-state index contributed by atoms with van der Waals surface area (Å²) in [6.07, 6.45) is 0. The van der Waals surface area contributed by atoms with Gasteiger partial charge in [-0.1, -0.05) is 83.9 Å². The van der Waals surface area contributed by atoms with Gasteiger partial charge in [0.05, 0.1) is 29.5 Å². The third-order valence-corrected chi connectivity index (χ3v) is 9.30. The molecule has 0 aromatic heterocycles. The van der Waals surface area contributed by atoms with Crippen molar-refractivity contribution in [2.24, 2.45) is 11.8 Å². The molecule has 4 aromatic rings. The van der Waals surface area contributed by atoms with Crippen molar-refractivity contribution in [2.45, 2.75) is 11.8 Å². The summed E-state index contributed by atoms with van der Waals surface area (Å²) in [5.74, 6) is -4.03. The molecule has 3 aliphatic carbocycles. The summed E-state index contributed by atoms with van der Waals surface area (Å²) in [7, 11) is 1.48. The highest BCUT2D eigenvalue weighted by atomic mass is 35.5. The Morgan fingerprint density at radius 1 is 0.767 bits per heavy atom. The van der Waals surface area contributed by atoms with E-state index in [1.54, 1.807) is 24.3 Å². The van der Waals surface area contributed by atoms with Crippen molar-refractivity contribution >= 4 is 46.7 Å². The van der Waals surface area contributed by atoms with Crippen molar-refractivity contribution < 1.29 is 23.9 Å². The lowest BCUT2D eigenvalue weighted by Gasteiger charge is -2.45. The summed E-state index contributed by atoms with van der Waals surface area (Å²) in [6.45, 7) is -0.572. The van der Waals surface area contributed by atoms with E-state index in [4.69, 9.17) is 27.9 Å². The molecule has 1 heterocycles. The van der Waals surface area contributed by atoms with Crippen LogP contribution in [0, 0.1) is 11.8 Å². The summed E-state index contributed by atoms with van der Waals surface area (Å²) in [5.41, 5.74) is 4.27. The quantitative estimate of drug-likeness (QED) is 0.194. The number of hydrogen-bond donors (Lipinski definition) is 0. The molecule has 4 aromatic carbocycles. The van der Waals surface area contributed by atoms with Crippen LogP contribution < -0.4 is 4.74 Å². The van der Waals surface area contributed by atoms with Crippen molar-refractivity contribution in [1.82, 2.24) is 10.0 Å². The first-order chi connectivity index (χ1) is 20.8. The number of hydrazine groups is 1. The van der Waals surface area contributed by atoms with Gasteiger partial charge < -0.3 is 4.74 Å². The molecule has 3 amide bonds. The fraction of sp³-hybridized carbons (Fsp3) is 0.176. The first-order valence-corrected chi connectivity index (χ1v) is 14.5. The molecule has 0 radical (unpaired) electrons. The standard InChI is InChI=1S/C34H24Cl2N2O5/c1-43-20-8-6-7-18(15-20)27(39)17-37(32(40)25-14-13-19(35)16-26(25)36)38-33(41)30-28-21-9-2-3-10-22(21)29(31(30)34(38)42)24-12-5-4-11-23(24)28/h2-16,28-31H,17H2,1H3/t28?,29?,30-,31-/m0/s1. The minimum atomic E-state index is -0.763. The highest BCUT2D eigenvalue weighted by molar-refractivity contribution is 6.36. The average Bonchev–Trinajstić information content (AvgIpc) is 3.29. The van der Waals surface area contributed by atoms with Crippen LogP contribution in [-0.4, -0.2) is 47.2 Å². The number of amides is 3. The van der Waals surface area contributed by atoms with E-state index in [1.807, 2.05) is 48.5 Å². The predicted molar refractivity (Wildman–Crippen MR) is 160 cm³/mol. The van der Waals surface area contributed by atoms with Gasteiger partial charge in [-0.25, -0.2) is 5.01 Å². The number of halogens is 2. The molecule has 1 saturated heterocycles. The Balaban J connectivity index is 1.34. The summed E-state index contributed by atoms with van der Waals surface area (Å²) < 4.78 is 5.26. The van der Waals surface area contributed by atoms with Crippen LogP contribution in [0.4, 0.5) is 0 Å². The first kappa shape index (κ1) is 27.4. The third kappa shape index (κ3) is 4.18. The van der Waals surface area contributed by atoms with Crippen molar-refractivity contribution in [3.05, 3.63) is 134 Å². The highest BCUT2D eigenvalue weighted by Gasteiger charge is 2.63. The van der Waals surface area contributed by atoms with Gasteiger partial charge in [0.1, 0.15) is 12.3 Å². The van der Waals surface area contributed by atoms with E-state index in [1.165, 1.54) is 25.3 Å². The Bertz CT molecular complexity index is 1740. The summed E-state index contributed by atoms with van der Waals surface area (Å²) >= 11 is 12.5. The Hall–Kier alpha value is -4.46. The number of ether oxygens (including phenoxy) is 1. The van der Waals surface area contributed by atoms with Gasteiger partial charge in [0.2, 0.25) is 0 Å². The van der Waals surface area contributed by atoms with Crippen LogP contribution in [0.15, 0.2) is 91.0 Å². The van der Waals surface area contributed by atoms with E-state index in [0.717, 1.165) is 32.3 Å². The number of hydrogen-bond acceptors (Lipinski definition) is 5. The zero-order chi connectivity index (χ0) is 30.0. The van der Waals surface area contributed by atoms with Crippen LogP contribution >= 0.6 is 23.2 Å². The maximum Gasteiger partial charge on any atom is 0.274 e. The van der Waals surface area contributed by atoms with Gasteiger partial charge in [-0.05, 0) is 52.6 Å². The fourth-order valence-corrected chi connectivity index (χ4v) is 7.45. The van der Waals surface area contributed by atoms with Crippen molar-refractivity contribution in [1.29, 1.82) is 0 Å². The zero-order valence-corrected chi connectivity index (χ0v) is 24.4. The minimum absolute atomic E-state index is 0.00882. The van der Waals surface area contributed by atoms with Crippen LogP contribution in [0.1, 0.15) is 54.8 Å². The first-order valence-electron chi connectivity index (χ1n) is 13.8.